The number of anilines is 1. The lowest BCUT2D eigenvalue weighted by molar-refractivity contribution is 0.102. The standard InChI is InChI=1S/C16H9ClF2N2O/c17-15-10-5-2-1-4-9(10)8-13(20-15)16(22)21-12-7-3-6-11(18)14(12)19/h1-8H,(H,21,22). The van der Waals surface area contributed by atoms with Crippen molar-refractivity contribution in [1.82, 2.24) is 4.98 Å². The number of hydrogen-bond acceptors (Lipinski definition) is 2. The lowest BCUT2D eigenvalue weighted by Crippen LogP contribution is -2.15. The molecular formula is C16H9ClF2N2O. The first-order valence-corrected chi connectivity index (χ1v) is 6.74. The molecule has 0 spiro atoms. The zero-order valence-electron chi connectivity index (χ0n) is 11.1. The molecule has 0 unspecified atom stereocenters. The van der Waals surface area contributed by atoms with Crippen LogP contribution in [0.2, 0.25) is 5.15 Å². The first-order valence-electron chi connectivity index (χ1n) is 6.37. The van der Waals surface area contributed by atoms with Crippen LogP contribution in [0, 0.1) is 11.6 Å². The van der Waals surface area contributed by atoms with Gasteiger partial charge >= 0.3 is 0 Å². The van der Waals surface area contributed by atoms with Crippen LogP contribution in [0.3, 0.4) is 0 Å². The fourth-order valence-corrected chi connectivity index (χ4v) is 2.32. The Labute approximate surface area is 129 Å². The van der Waals surface area contributed by atoms with Gasteiger partial charge in [-0.25, -0.2) is 13.8 Å². The Bertz CT molecular complexity index is 883. The Kier molecular flexibility index (Phi) is 3.73. The molecule has 1 heterocycles. The molecule has 1 aromatic heterocycles. The van der Waals surface area contributed by atoms with E-state index < -0.39 is 17.5 Å². The van der Waals surface area contributed by atoms with Gasteiger partial charge in [0.25, 0.3) is 5.91 Å². The highest BCUT2D eigenvalue weighted by Crippen LogP contribution is 2.23. The van der Waals surface area contributed by atoms with E-state index in [-0.39, 0.29) is 16.5 Å². The van der Waals surface area contributed by atoms with E-state index in [2.05, 4.69) is 10.3 Å². The second kappa shape index (κ2) is 5.69. The summed E-state index contributed by atoms with van der Waals surface area (Å²) in [5.41, 5.74) is -0.233. The second-order valence-electron chi connectivity index (χ2n) is 4.57. The van der Waals surface area contributed by atoms with E-state index in [1.54, 1.807) is 24.3 Å². The summed E-state index contributed by atoms with van der Waals surface area (Å²) in [6.45, 7) is 0. The number of nitrogens with one attached hydrogen (secondary N) is 1. The van der Waals surface area contributed by atoms with Crippen molar-refractivity contribution < 1.29 is 13.6 Å². The molecule has 3 nitrogen and oxygen atoms in total. The van der Waals surface area contributed by atoms with Crippen molar-refractivity contribution in [3.05, 3.63) is 71.0 Å². The fourth-order valence-electron chi connectivity index (χ4n) is 2.06. The third-order valence-corrected chi connectivity index (χ3v) is 3.41. The van der Waals surface area contributed by atoms with Crippen molar-refractivity contribution in [2.75, 3.05) is 5.32 Å². The lowest BCUT2D eigenvalue weighted by atomic mass is 10.1. The minimum Gasteiger partial charge on any atom is -0.318 e. The van der Waals surface area contributed by atoms with Crippen LogP contribution in [0.4, 0.5) is 14.5 Å². The van der Waals surface area contributed by atoms with Gasteiger partial charge in [-0.3, -0.25) is 4.79 Å². The van der Waals surface area contributed by atoms with Crippen molar-refractivity contribution in [1.29, 1.82) is 0 Å². The number of rotatable bonds is 2. The molecule has 0 saturated carbocycles. The fraction of sp³-hybridized carbons (Fsp3) is 0. The molecule has 0 atom stereocenters. The number of halogens is 3. The van der Waals surface area contributed by atoms with Gasteiger partial charge in [-0.15, -0.1) is 0 Å². The first kappa shape index (κ1) is 14.4. The molecule has 2 aromatic carbocycles. The van der Waals surface area contributed by atoms with Gasteiger partial charge < -0.3 is 5.32 Å². The van der Waals surface area contributed by atoms with Crippen LogP contribution >= 0.6 is 11.6 Å². The first-order chi connectivity index (χ1) is 10.6. The summed E-state index contributed by atoms with van der Waals surface area (Å²) in [6, 6.07) is 12.2. The minimum absolute atomic E-state index is 0.0207. The van der Waals surface area contributed by atoms with Gasteiger partial charge in [0, 0.05) is 5.39 Å². The van der Waals surface area contributed by atoms with E-state index in [0.717, 1.165) is 11.5 Å². The number of aromatic nitrogens is 1. The van der Waals surface area contributed by atoms with Gasteiger partial charge in [0.2, 0.25) is 0 Å². The molecule has 3 aromatic rings. The topological polar surface area (TPSA) is 42.0 Å². The number of benzene rings is 2. The molecule has 6 heteroatoms. The number of carbonyl (C=O) groups is 1. The maximum Gasteiger partial charge on any atom is 0.274 e. The van der Waals surface area contributed by atoms with E-state index in [1.165, 1.54) is 18.2 Å². The summed E-state index contributed by atoms with van der Waals surface area (Å²) in [4.78, 5) is 16.1. The highest BCUT2D eigenvalue weighted by atomic mass is 35.5. The molecule has 22 heavy (non-hydrogen) atoms. The normalized spacial score (nSPS) is 10.7. The van der Waals surface area contributed by atoms with Crippen LogP contribution in [0.1, 0.15) is 10.5 Å². The SMILES string of the molecule is O=C(Nc1cccc(F)c1F)c1cc2ccccc2c(Cl)n1. The monoisotopic (exact) mass is 318 g/mol. The van der Waals surface area contributed by atoms with Crippen molar-refractivity contribution in [3.63, 3.8) is 0 Å². The van der Waals surface area contributed by atoms with Crippen molar-refractivity contribution in [3.8, 4) is 0 Å². The third kappa shape index (κ3) is 2.63. The van der Waals surface area contributed by atoms with E-state index in [9.17, 15) is 13.6 Å². The van der Waals surface area contributed by atoms with Gasteiger partial charge in [0.05, 0.1) is 5.69 Å². The highest BCUT2D eigenvalue weighted by Gasteiger charge is 2.15. The molecule has 1 N–H and O–H groups in total. The van der Waals surface area contributed by atoms with Gasteiger partial charge in [-0.2, -0.15) is 0 Å². The van der Waals surface area contributed by atoms with Crippen LogP contribution in [0.15, 0.2) is 48.5 Å². The van der Waals surface area contributed by atoms with Gasteiger partial charge in [-0.1, -0.05) is 41.9 Å². The molecule has 3 rings (SSSR count). The third-order valence-electron chi connectivity index (χ3n) is 3.13. The predicted octanol–water partition coefficient (Wildman–Crippen LogP) is 4.42. The van der Waals surface area contributed by atoms with Gasteiger partial charge in [0.1, 0.15) is 10.8 Å². The molecule has 0 fully saturated rings. The summed E-state index contributed by atoms with van der Waals surface area (Å²) >= 11 is 6.04. The quantitative estimate of drug-likeness (QED) is 0.711. The summed E-state index contributed by atoms with van der Waals surface area (Å²) in [5.74, 6) is -2.83. The number of hydrogen-bond donors (Lipinski definition) is 1. The van der Waals surface area contributed by atoms with E-state index >= 15 is 0 Å². The zero-order chi connectivity index (χ0) is 15.7. The Balaban J connectivity index is 1.97. The van der Waals surface area contributed by atoms with Crippen LogP contribution < -0.4 is 5.32 Å². The Morgan fingerprint density at radius 3 is 2.68 bits per heavy atom. The summed E-state index contributed by atoms with van der Waals surface area (Å²) < 4.78 is 26.7. The largest absolute Gasteiger partial charge is 0.318 e. The van der Waals surface area contributed by atoms with E-state index in [0.29, 0.717) is 5.39 Å². The smallest absolute Gasteiger partial charge is 0.274 e. The average molecular weight is 319 g/mol. The second-order valence-corrected chi connectivity index (χ2v) is 4.93. The summed E-state index contributed by atoms with van der Waals surface area (Å²) in [6.07, 6.45) is 0. The number of carbonyl (C=O) groups excluding carboxylic acids is 1. The summed E-state index contributed by atoms with van der Waals surface area (Å²) in [7, 11) is 0. The Hall–Kier alpha value is -2.53. The molecule has 0 saturated heterocycles. The predicted molar refractivity (Wildman–Crippen MR) is 81.1 cm³/mol. The van der Waals surface area contributed by atoms with Crippen molar-refractivity contribution >= 4 is 34.0 Å². The van der Waals surface area contributed by atoms with E-state index in [1.807, 2.05) is 0 Å². The van der Waals surface area contributed by atoms with Crippen LogP contribution in [0.5, 0.6) is 0 Å². The molecule has 0 aliphatic rings. The molecular weight excluding hydrogens is 310 g/mol. The van der Waals surface area contributed by atoms with Crippen molar-refractivity contribution in [2.24, 2.45) is 0 Å². The molecule has 1 amide bonds. The number of amides is 1. The lowest BCUT2D eigenvalue weighted by Gasteiger charge is -2.08. The zero-order valence-corrected chi connectivity index (χ0v) is 11.9. The maximum absolute atomic E-state index is 13.6. The number of nitrogens with zero attached hydrogens (tertiary/aromatic N) is 1. The average Bonchev–Trinajstić information content (AvgIpc) is 2.52. The Morgan fingerprint density at radius 2 is 1.86 bits per heavy atom. The van der Waals surface area contributed by atoms with Gasteiger partial charge in [0.15, 0.2) is 11.6 Å². The molecule has 0 radical (unpaired) electrons. The van der Waals surface area contributed by atoms with Crippen LogP contribution in [0.25, 0.3) is 10.8 Å². The maximum atomic E-state index is 13.6. The highest BCUT2D eigenvalue weighted by molar-refractivity contribution is 6.34. The summed E-state index contributed by atoms with van der Waals surface area (Å²) in [5, 5.41) is 3.89. The molecule has 110 valence electrons. The van der Waals surface area contributed by atoms with Crippen LogP contribution in [-0.2, 0) is 0 Å². The Morgan fingerprint density at radius 1 is 1.09 bits per heavy atom. The van der Waals surface area contributed by atoms with Gasteiger partial charge in [-0.05, 0) is 23.6 Å². The van der Waals surface area contributed by atoms with Crippen LogP contribution in [-0.4, -0.2) is 10.9 Å². The number of pyridine rings is 1. The molecule has 0 aliphatic heterocycles. The number of fused-ring (bicyclic) bond motifs is 1. The minimum atomic E-state index is -1.12. The van der Waals surface area contributed by atoms with Crippen molar-refractivity contribution in [2.45, 2.75) is 0 Å². The molecule has 0 bridgehead atoms. The van der Waals surface area contributed by atoms with E-state index in [4.69, 9.17) is 11.6 Å². The molecule has 0 aliphatic carbocycles.